The van der Waals surface area contributed by atoms with Gasteiger partial charge >= 0.3 is 0 Å². The van der Waals surface area contributed by atoms with Crippen molar-refractivity contribution in [3.05, 3.63) is 33.3 Å². The fourth-order valence-electron chi connectivity index (χ4n) is 4.42. The first-order chi connectivity index (χ1) is 8.54. The zero-order chi connectivity index (χ0) is 12.9. The van der Waals surface area contributed by atoms with Crippen molar-refractivity contribution in [3.63, 3.8) is 0 Å². The molecule has 0 spiro atoms. The summed E-state index contributed by atoms with van der Waals surface area (Å²) in [5, 5.41) is 1.51. The molecular weight excluding hydrogens is 263 g/mol. The standard InChI is InChI=1S/C16H20Cl2/c1-10-4-3-9-16(2)12(10)6-5-11-13(16)7-8-14(17)15(11)18/h7-8,10,12H,3-6,9H2,1-2H3. The van der Waals surface area contributed by atoms with Gasteiger partial charge in [-0.2, -0.15) is 0 Å². The van der Waals surface area contributed by atoms with Crippen molar-refractivity contribution < 1.29 is 0 Å². The van der Waals surface area contributed by atoms with Crippen LogP contribution < -0.4 is 0 Å². The lowest BCUT2D eigenvalue weighted by Crippen LogP contribution is -2.43. The van der Waals surface area contributed by atoms with Crippen LogP contribution in [0.15, 0.2) is 12.1 Å². The predicted octanol–water partition coefficient (Wildman–Crippen LogP) is 5.63. The second-order valence-corrected chi connectivity index (χ2v) is 7.10. The second-order valence-electron chi connectivity index (χ2n) is 6.32. The average molecular weight is 283 g/mol. The largest absolute Gasteiger partial charge is 0.0827 e. The van der Waals surface area contributed by atoms with E-state index >= 15 is 0 Å². The maximum atomic E-state index is 6.41. The van der Waals surface area contributed by atoms with Gasteiger partial charge in [-0.1, -0.05) is 56.0 Å². The van der Waals surface area contributed by atoms with Crippen LogP contribution in [0.4, 0.5) is 0 Å². The van der Waals surface area contributed by atoms with Gasteiger partial charge in [0.1, 0.15) is 0 Å². The number of rotatable bonds is 0. The van der Waals surface area contributed by atoms with Crippen LogP contribution in [0.1, 0.15) is 50.7 Å². The van der Waals surface area contributed by atoms with Crippen LogP contribution in [0.5, 0.6) is 0 Å². The van der Waals surface area contributed by atoms with Crippen molar-refractivity contribution in [1.82, 2.24) is 0 Å². The van der Waals surface area contributed by atoms with Crippen LogP contribution in [0.25, 0.3) is 0 Å². The number of hydrogen-bond acceptors (Lipinski definition) is 0. The number of hydrogen-bond donors (Lipinski definition) is 0. The smallest absolute Gasteiger partial charge is 0.0627 e. The first-order valence-electron chi connectivity index (χ1n) is 7.01. The molecule has 0 amide bonds. The fraction of sp³-hybridized carbons (Fsp3) is 0.625. The molecule has 0 nitrogen and oxygen atoms in total. The van der Waals surface area contributed by atoms with Gasteiger partial charge in [-0.05, 0) is 53.7 Å². The molecule has 0 bridgehead atoms. The van der Waals surface area contributed by atoms with Crippen molar-refractivity contribution in [1.29, 1.82) is 0 Å². The minimum atomic E-state index is 0.319. The maximum absolute atomic E-state index is 6.41. The first kappa shape index (κ1) is 12.8. The zero-order valence-electron chi connectivity index (χ0n) is 11.1. The molecule has 2 aliphatic rings. The fourth-order valence-corrected chi connectivity index (χ4v) is 4.85. The second kappa shape index (κ2) is 4.42. The molecule has 2 heteroatoms. The van der Waals surface area contributed by atoms with E-state index in [2.05, 4.69) is 19.9 Å². The molecule has 18 heavy (non-hydrogen) atoms. The van der Waals surface area contributed by atoms with Gasteiger partial charge in [-0.3, -0.25) is 0 Å². The van der Waals surface area contributed by atoms with Gasteiger partial charge < -0.3 is 0 Å². The van der Waals surface area contributed by atoms with Crippen molar-refractivity contribution in [2.45, 2.75) is 51.4 Å². The Labute approximate surface area is 120 Å². The van der Waals surface area contributed by atoms with E-state index in [1.54, 1.807) is 0 Å². The molecule has 0 radical (unpaired) electrons. The van der Waals surface area contributed by atoms with Gasteiger partial charge in [-0.15, -0.1) is 0 Å². The summed E-state index contributed by atoms with van der Waals surface area (Å²) in [5.41, 5.74) is 3.11. The lowest BCUT2D eigenvalue weighted by molar-refractivity contribution is 0.118. The third-order valence-electron chi connectivity index (χ3n) is 5.38. The summed E-state index contributed by atoms with van der Waals surface area (Å²) in [6, 6.07) is 4.21. The van der Waals surface area contributed by atoms with E-state index in [1.807, 2.05) is 6.07 Å². The van der Waals surface area contributed by atoms with E-state index in [-0.39, 0.29) is 0 Å². The van der Waals surface area contributed by atoms with Gasteiger partial charge in [0.15, 0.2) is 0 Å². The summed E-state index contributed by atoms with van der Waals surface area (Å²) >= 11 is 12.6. The Balaban J connectivity index is 2.14. The molecule has 3 atom stereocenters. The minimum absolute atomic E-state index is 0.319. The van der Waals surface area contributed by atoms with Crippen LogP contribution >= 0.6 is 23.2 Å². The molecule has 0 aliphatic heterocycles. The Morgan fingerprint density at radius 2 is 2.00 bits per heavy atom. The Morgan fingerprint density at radius 1 is 1.22 bits per heavy atom. The summed E-state index contributed by atoms with van der Waals surface area (Å²) in [7, 11) is 0. The molecule has 1 saturated carbocycles. The van der Waals surface area contributed by atoms with Crippen LogP contribution in [-0.2, 0) is 11.8 Å². The summed E-state index contributed by atoms with van der Waals surface area (Å²) in [4.78, 5) is 0. The summed E-state index contributed by atoms with van der Waals surface area (Å²) in [6.45, 7) is 4.86. The average Bonchev–Trinajstić information content (AvgIpc) is 2.33. The highest BCUT2D eigenvalue weighted by molar-refractivity contribution is 6.42. The van der Waals surface area contributed by atoms with Crippen LogP contribution in [-0.4, -0.2) is 0 Å². The molecule has 2 aliphatic carbocycles. The molecular formula is C16H20Cl2. The van der Waals surface area contributed by atoms with Crippen molar-refractivity contribution in [2.75, 3.05) is 0 Å². The molecule has 1 aromatic carbocycles. The molecule has 1 fully saturated rings. The highest BCUT2D eigenvalue weighted by Crippen LogP contribution is 2.53. The zero-order valence-corrected chi connectivity index (χ0v) is 12.6. The van der Waals surface area contributed by atoms with Crippen LogP contribution in [0, 0.1) is 11.8 Å². The normalized spacial score (nSPS) is 34.9. The summed E-state index contributed by atoms with van der Waals surface area (Å²) in [5.74, 6) is 1.65. The van der Waals surface area contributed by atoms with E-state index in [9.17, 15) is 0 Å². The molecule has 3 rings (SSSR count). The van der Waals surface area contributed by atoms with E-state index in [0.29, 0.717) is 10.4 Å². The Hall–Kier alpha value is -0.200. The van der Waals surface area contributed by atoms with Gasteiger partial charge in [0.05, 0.1) is 10.0 Å². The van der Waals surface area contributed by atoms with E-state index in [0.717, 1.165) is 23.3 Å². The molecule has 3 unspecified atom stereocenters. The Bertz CT molecular complexity index is 480. The van der Waals surface area contributed by atoms with Gasteiger partial charge in [0, 0.05) is 0 Å². The SMILES string of the molecule is CC1CCCC2(C)c3ccc(Cl)c(Cl)c3CCC12. The van der Waals surface area contributed by atoms with E-state index in [4.69, 9.17) is 23.2 Å². The molecule has 0 saturated heterocycles. The highest BCUT2D eigenvalue weighted by Gasteiger charge is 2.45. The van der Waals surface area contributed by atoms with E-state index < -0.39 is 0 Å². The molecule has 0 aromatic heterocycles. The molecule has 1 aromatic rings. The molecule has 0 N–H and O–H groups in total. The Kier molecular flexibility index (Phi) is 3.15. The van der Waals surface area contributed by atoms with Crippen molar-refractivity contribution in [3.8, 4) is 0 Å². The van der Waals surface area contributed by atoms with Gasteiger partial charge in [0.2, 0.25) is 0 Å². The van der Waals surface area contributed by atoms with E-state index in [1.165, 1.54) is 36.8 Å². The highest BCUT2D eigenvalue weighted by atomic mass is 35.5. The summed E-state index contributed by atoms with van der Waals surface area (Å²) < 4.78 is 0. The lowest BCUT2D eigenvalue weighted by Gasteiger charge is -2.49. The number of benzene rings is 1. The number of halogens is 2. The van der Waals surface area contributed by atoms with Crippen LogP contribution in [0.2, 0.25) is 10.0 Å². The third kappa shape index (κ3) is 1.72. The molecule has 0 heterocycles. The lowest BCUT2D eigenvalue weighted by atomic mass is 9.55. The summed E-state index contributed by atoms with van der Waals surface area (Å²) in [6.07, 6.45) is 6.39. The van der Waals surface area contributed by atoms with Gasteiger partial charge in [-0.25, -0.2) is 0 Å². The quantitative estimate of drug-likeness (QED) is 0.578. The van der Waals surface area contributed by atoms with Crippen molar-refractivity contribution >= 4 is 23.2 Å². The van der Waals surface area contributed by atoms with Gasteiger partial charge in [0.25, 0.3) is 0 Å². The topological polar surface area (TPSA) is 0 Å². The monoisotopic (exact) mass is 282 g/mol. The maximum Gasteiger partial charge on any atom is 0.0627 e. The molecule has 98 valence electrons. The first-order valence-corrected chi connectivity index (χ1v) is 7.77. The Morgan fingerprint density at radius 3 is 2.78 bits per heavy atom. The number of fused-ring (bicyclic) bond motifs is 3. The van der Waals surface area contributed by atoms with Crippen LogP contribution in [0.3, 0.4) is 0 Å². The predicted molar refractivity (Wildman–Crippen MR) is 78.6 cm³/mol. The minimum Gasteiger partial charge on any atom is -0.0827 e. The van der Waals surface area contributed by atoms with Crippen molar-refractivity contribution in [2.24, 2.45) is 11.8 Å². The third-order valence-corrected chi connectivity index (χ3v) is 6.22.